The number of halogens is 2. The van der Waals surface area contributed by atoms with Crippen molar-refractivity contribution < 1.29 is 4.79 Å². The second-order valence-corrected chi connectivity index (χ2v) is 6.32. The van der Waals surface area contributed by atoms with E-state index in [0.29, 0.717) is 13.1 Å². The highest BCUT2D eigenvalue weighted by molar-refractivity contribution is 5.85. The molecule has 0 saturated heterocycles. The van der Waals surface area contributed by atoms with Gasteiger partial charge in [0.25, 0.3) is 0 Å². The Bertz CT molecular complexity index is 618. The molecule has 0 bridgehead atoms. The fraction of sp³-hybridized carbons (Fsp3) is 0.333. The first-order valence-corrected chi connectivity index (χ1v) is 7.68. The molecule has 2 rings (SSSR count). The lowest BCUT2D eigenvalue weighted by atomic mass is 10.1. The van der Waals surface area contributed by atoms with Crippen molar-refractivity contribution in [3.8, 4) is 0 Å². The maximum atomic E-state index is 12.2. The minimum absolute atomic E-state index is 0. The number of para-hydroxylation sites is 1. The second kappa shape index (κ2) is 10.9. The third kappa shape index (κ3) is 8.72. The Labute approximate surface area is 161 Å². The lowest BCUT2D eigenvalue weighted by Crippen LogP contribution is -2.47. The van der Waals surface area contributed by atoms with Crippen LogP contribution in [0, 0.1) is 0 Å². The van der Waals surface area contributed by atoms with Crippen molar-refractivity contribution in [2.24, 2.45) is 5.73 Å². The topological polar surface area (TPSA) is 71.2 Å². The second-order valence-electron chi connectivity index (χ2n) is 6.32. The number of nitrogens with zero attached hydrogens (tertiary/aromatic N) is 2. The number of pyridine rings is 1. The number of carbonyl (C=O) groups excluding carboxylic acids is 1. The minimum atomic E-state index is -0.420. The van der Waals surface area contributed by atoms with Gasteiger partial charge in [-0.15, -0.1) is 24.8 Å². The smallest absolute Gasteiger partial charge is 0.239 e. The number of nitrogens with two attached hydrogens (primary N) is 1. The first kappa shape index (κ1) is 23.2. The van der Waals surface area contributed by atoms with Crippen LogP contribution in [-0.2, 0) is 11.3 Å². The van der Waals surface area contributed by atoms with E-state index in [-0.39, 0.29) is 37.3 Å². The monoisotopic (exact) mass is 384 g/mol. The molecule has 0 saturated carbocycles. The molecule has 5 nitrogen and oxygen atoms in total. The predicted octanol–water partition coefficient (Wildman–Crippen LogP) is 2.79. The van der Waals surface area contributed by atoms with Crippen LogP contribution < -0.4 is 16.0 Å². The van der Waals surface area contributed by atoms with Gasteiger partial charge in [-0.1, -0.05) is 24.3 Å². The first-order chi connectivity index (χ1) is 10.9. The van der Waals surface area contributed by atoms with Crippen LogP contribution in [0.2, 0.25) is 0 Å². The molecule has 0 fully saturated rings. The van der Waals surface area contributed by atoms with E-state index in [4.69, 9.17) is 5.73 Å². The van der Waals surface area contributed by atoms with Gasteiger partial charge in [-0.05, 0) is 37.6 Å². The highest BCUT2D eigenvalue weighted by Gasteiger charge is 2.15. The maximum absolute atomic E-state index is 12.2. The molecule has 2 aromatic rings. The molecular weight excluding hydrogens is 359 g/mol. The standard InChI is InChI=1S/C18H24N4O.2ClH/c1-18(2,19)14-21-17(23)13-22(16-8-4-3-5-9-16)12-15-7-6-10-20-11-15;;/h3-11H,12-14,19H2,1-2H3,(H,21,23);2*1H. The Morgan fingerprint density at radius 2 is 1.84 bits per heavy atom. The quantitative estimate of drug-likeness (QED) is 0.769. The van der Waals surface area contributed by atoms with Gasteiger partial charge in [0, 0.05) is 36.7 Å². The molecule has 0 aliphatic rings. The minimum Gasteiger partial charge on any atom is -0.358 e. The number of nitrogens with one attached hydrogen (secondary N) is 1. The molecular formula is C18H26Cl2N4O. The summed E-state index contributed by atoms with van der Waals surface area (Å²) < 4.78 is 0. The van der Waals surface area contributed by atoms with Crippen LogP contribution >= 0.6 is 24.8 Å². The van der Waals surface area contributed by atoms with Crippen LogP contribution in [0.1, 0.15) is 19.4 Å². The summed E-state index contributed by atoms with van der Waals surface area (Å²) in [7, 11) is 0. The van der Waals surface area contributed by atoms with E-state index < -0.39 is 5.54 Å². The summed E-state index contributed by atoms with van der Waals surface area (Å²) >= 11 is 0. The van der Waals surface area contributed by atoms with Crippen molar-refractivity contribution in [1.82, 2.24) is 10.3 Å². The fourth-order valence-electron chi connectivity index (χ4n) is 2.14. The molecule has 1 aromatic carbocycles. The summed E-state index contributed by atoms with van der Waals surface area (Å²) in [5.41, 5.74) is 7.55. The third-order valence-electron chi connectivity index (χ3n) is 3.29. The normalized spacial score (nSPS) is 10.2. The number of rotatable bonds is 7. The molecule has 0 aliphatic carbocycles. The summed E-state index contributed by atoms with van der Waals surface area (Å²) in [5, 5.41) is 2.89. The Morgan fingerprint density at radius 3 is 2.40 bits per heavy atom. The van der Waals surface area contributed by atoms with Crippen molar-refractivity contribution in [2.75, 3.05) is 18.0 Å². The van der Waals surface area contributed by atoms with Crippen LogP contribution in [0.15, 0.2) is 54.9 Å². The molecule has 138 valence electrons. The van der Waals surface area contributed by atoms with E-state index in [0.717, 1.165) is 11.3 Å². The summed E-state index contributed by atoms with van der Waals surface area (Å²) in [6, 6.07) is 13.8. The molecule has 0 unspecified atom stereocenters. The number of hydrogen-bond acceptors (Lipinski definition) is 4. The molecule has 0 spiro atoms. The number of benzene rings is 1. The Kier molecular flexibility index (Phi) is 10.1. The number of carbonyl (C=O) groups is 1. The number of amides is 1. The van der Waals surface area contributed by atoms with Crippen molar-refractivity contribution in [3.05, 3.63) is 60.4 Å². The van der Waals surface area contributed by atoms with E-state index >= 15 is 0 Å². The number of hydrogen-bond donors (Lipinski definition) is 2. The summed E-state index contributed by atoms with van der Waals surface area (Å²) in [5.74, 6) is -0.0451. The van der Waals surface area contributed by atoms with E-state index in [9.17, 15) is 4.79 Å². The average Bonchev–Trinajstić information content (AvgIpc) is 2.53. The van der Waals surface area contributed by atoms with Crippen LogP contribution in [0.5, 0.6) is 0 Å². The van der Waals surface area contributed by atoms with Gasteiger partial charge in [0.1, 0.15) is 0 Å². The Balaban J connectivity index is 0.00000288. The fourth-order valence-corrected chi connectivity index (χ4v) is 2.14. The molecule has 25 heavy (non-hydrogen) atoms. The summed E-state index contributed by atoms with van der Waals surface area (Å²) in [4.78, 5) is 18.4. The van der Waals surface area contributed by atoms with Gasteiger partial charge < -0.3 is 16.0 Å². The lowest BCUT2D eigenvalue weighted by molar-refractivity contribution is -0.120. The van der Waals surface area contributed by atoms with E-state index in [1.165, 1.54) is 0 Å². The number of aromatic nitrogens is 1. The summed E-state index contributed by atoms with van der Waals surface area (Å²) in [6.07, 6.45) is 3.56. The zero-order chi connectivity index (χ0) is 16.7. The van der Waals surface area contributed by atoms with Crippen molar-refractivity contribution in [2.45, 2.75) is 25.9 Å². The van der Waals surface area contributed by atoms with Crippen molar-refractivity contribution >= 4 is 36.4 Å². The van der Waals surface area contributed by atoms with Crippen LogP contribution in [0.3, 0.4) is 0 Å². The van der Waals surface area contributed by atoms with Gasteiger partial charge in [0.05, 0.1) is 6.54 Å². The zero-order valence-electron chi connectivity index (χ0n) is 14.5. The van der Waals surface area contributed by atoms with Gasteiger partial charge in [-0.25, -0.2) is 0 Å². The maximum Gasteiger partial charge on any atom is 0.239 e. The van der Waals surface area contributed by atoms with Crippen LogP contribution in [0.25, 0.3) is 0 Å². The van der Waals surface area contributed by atoms with Gasteiger partial charge in [-0.2, -0.15) is 0 Å². The predicted molar refractivity (Wildman–Crippen MR) is 108 cm³/mol. The highest BCUT2D eigenvalue weighted by Crippen LogP contribution is 2.16. The molecule has 0 radical (unpaired) electrons. The molecule has 0 atom stereocenters. The lowest BCUT2D eigenvalue weighted by Gasteiger charge is -2.25. The first-order valence-electron chi connectivity index (χ1n) is 7.68. The molecule has 0 aliphatic heterocycles. The zero-order valence-corrected chi connectivity index (χ0v) is 16.1. The highest BCUT2D eigenvalue weighted by atomic mass is 35.5. The number of anilines is 1. The molecule has 3 N–H and O–H groups in total. The van der Waals surface area contributed by atoms with Gasteiger partial charge in [-0.3, -0.25) is 9.78 Å². The van der Waals surface area contributed by atoms with Gasteiger partial charge in [0.2, 0.25) is 5.91 Å². The molecule has 1 heterocycles. The summed E-state index contributed by atoms with van der Waals surface area (Å²) in [6.45, 7) is 5.11. The molecule has 1 amide bonds. The largest absolute Gasteiger partial charge is 0.358 e. The van der Waals surface area contributed by atoms with Crippen molar-refractivity contribution in [1.29, 1.82) is 0 Å². The van der Waals surface area contributed by atoms with E-state index in [1.807, 2.05) is 67.4 Å². The van der Waals surface area contributed by atoms with E-state index in [2.05, 4.69) is 10.3 Å². The molecule has 7 heteroatoms. The molecule has 1 aromatic heterocycles. The third-order valence-corrected chi connectivity index (χ3v) is 3.29. The Hall–Kier alpha value is -1.82. The van der Waals surface area contributed by atoms with Crippen molar-refractivity contribution in [3.63, 3.8) is 0 Å². The van der Waals surface area contributed by atoms with Crippen LogP contribution in [0.4, 0.5) is 5.69 Å². The average molecular weight is 385 g/mol. The van der Waals surface area contributed by atoms with Crippen LogP contribution in [-0.4, -0.2) is 29.5 Å². The van der Waals surface area contributed by atoms with E-state index in [1.54, 1.807) is 6.20 Å². The van der Waals surface area contributed by atoms with Gasteiger partial charge in [0.15, 0.2) is 0 Å². The van der Waals surface area contributed by atoms with Gasteiger partial charge >= 0.3 is 0 Å². The SMILES string of the molecule is CC(C)(N)CNC(=O)CN(Cc1cccnc1)c1ccccc1.Cl.Cl. The Morgan fingerprint density at radius 1 is 1.16 bits per heavy atom.